The molecule has 1 aromatic heterocycles. The van der Waals surface area contributed by atoms with E-state index in [1.54, 1.807) is 19.9 Å². The maximum atomic E-state index is 11.3. The van der Waals surface area contributed by atoms with Crippen LogP contribution >= 0.6 is 0 Å². The lowest BCUT2D eigenvalue weighted by molar-refractivity contribution is -0.905. The van der Waals surface area contributed by atoms with E-state index in [1.807, 2.05) is 0 Å². The molecule has 0 atom stereocenters. The molecule has 70 valence electrons. The number of aryl methyl sites for hydroxylation is 1. The number of hydrogen-bond donors (Lipinski definition) is 1. The second kappa shape index (κ2) is 3.89. The van der Waals surface area contributed by atoms with Gasteiger partial charge >= 0.3 is 5.97 Å². The Hall–Kier alpha value is -1.58. The fourth-order valence-electron chi connectivity index (χ4n) is 0.978. The van der Waals surface area contributed by atoms with Gasteiger partial charge < -0.3 is 4.74 Å². The Morgan fingerprint density at radius 2 is 2.38 bits per heavy atom. The van der Waals surface area contributed by atoms with E-state index in [4.69, 9.17) is 9.94 Å². The molecule has 4 nitrogen and oxygen atoms in total. The summed E-state index contributed by atoms with van der Waals surface area (Å²) in [4.78, 5) is 11.3. The Morgan fingerprint density at radius 1 is 1.69 bits per heavy atom. The first-order chi connectivity index (χ1) is 6.15. The molecule has 1 rings (SSSR count). The van der Waals surface area contributed by atoms with E-state index < -0.39 is 5.97 Å². The molecule has 0 aliphatic heterocycles. The lowest BCUT2D eigenvalue weighted by Crippen LogP contribution is -2.30. The number of carbonyl (C=O) groups excluding carboxylic acids is 1. The van der Waals surface area contributed by atoms with E-state index in [9.17, 15) is 4.79 Å². The average molecular weight is 182 g/mol. The maximum Gasteiger partial charge on any atom is 0.344 e. The third kappa shape index (κ3) is 2.18. The first kappa shape index (κ1) is 9.51. The van der Waals surface area contributed by atoms with Crippen LogP contribution in [0, 0.1) is 6.92 Å². The third-order valence-corrected chi connectivity index (χ3v) is 1.66. The van der Waals surface area contributed by atoms with Crippen molar-refractivity contribution in [2.45, 2.75) is 13.8 Å². The number of esters is 1. The summed E-state index contributed by atoms with van der Waals surface area (Å²) in [5, 5.41) is 9.06. The Balaban J connectivity index is 2.99. The first-order valence-electron chi connectivity index (χ1n) is 4.03. The molecule has 1 N–H and O–H groups in total. The first-order valence-corrected chi connectivity index (χ1v) is 4.03. The lowest BCUT2D eigenvalue weighted by Gasteiger charge is -2.01. The Bertz CT molecular complexity index is 323. The van der Waals surface area contributed by atoms with Gasteiger partial charge in [-0.25, -0.2) is 4.79 Å². The number of rotatable bonds is 2. The van der Waals surface area contributed by atoms with E-state index in [2.05, 4.69) is 0 Å². The van der Waals surface area contributed by atoms with Gasteiger partial charge in [-0.05, 0) is 19.4 Å². The van der Waals surface area contributed by atoms with Gasteiger partial charge in [0.15, 0.2) is 0 Å². The van der Waals surface area contributed by atoms with E-state index in [1.165, 1.54) is 12.4 Å². The molecule has 4 heteroatoms. The molecule has 0 bridgehead atoms. The van der Waals surface area contributed by atoms with Crippen LogP contribution in [0.1, 0.15) is 22.8 Å². The smallest absolute Gasteiger partial charge is 0.344 e. The lowest BCUT2D eigenvalue weighted by atomic mass is 10.2. The molecular weight excluding hydrogens is 170 g/mol. The monoisotopic (exact) mass is 182 g/mol. The van der Waals surface area contributed by atoms with Crippen LogP contribution in [0.2, 0.25) is 0 Å². The molecule has 13 heavy (non-hydrogen) atoms. The predicted octanol–water partition coefficient (Wildman–Crippen LogP) is 0.697. The largest absolute Gasteiger partial charge is 0.462 e. The molecular formula is C9H12NO3+. The molecule has 0 saturated carbocycles. The summed E-state index contributed by atoms with van der Waals surface area (Å²) in [6, 6.07) is 1.65. The van der Waals surface area contributed by atoms with Gasteiger partial charge in [0.05, 0.1) is 6.61 Å². The quantitative estimate of drug-likeness (QED) is 0.416. The summed E-state index contributed by atoms with van der Waals surface area (Å²) in [6.07, 6.45) is 2.78. The van der Waals surface area contributed by atoms with E-state index in [-0.39, 0.29) is 0 Å². The van der Waals surface area contributed by atoms with Crippen molar-refractivity contribution in [2.75, 3.05) is 6.61 Å². The number of carbonyl (C=O) groups is 1. The maximum absolute atomic E-state index is 11.3. The molecule has 1 aromatic rings. The predicted molar refractivity (Wildman–Crippen MR) is 44.5 cm³/mol. The number of hydrogen-bond acceptors (Lipinski definition) is 3. The highest BCUT2D eigenvalue weighted by atomic mass is 16.5. The van der Waals surface area contributed by atoms with Crippen molar-refractivity contribution in [2.24, 2.45) is 0 Å². The summed E-state index contributed by atoms with van der Waals surface area (Å²) >= 11 is 0. The normalized spacial score (nSPS) is 9.69. The highest BCUT2D eigenvalue weighted by molar-refractivity contribution is 5.90. The van der Waals surface area contributed by atoms with Crippen LogP contribution < -0.4 is 4.73 Å². The minimum atomic E-state index is -0.414. The van der Waals surface area contributed by atoms with Gasteiger partial charge in [-0.2, -0.15) is 0 Å². The van der Waals surface area contributed by atoms with Crippen LogP contribution in [-0.4, -0.2) is 17.8 Å². The fraction of sp³-hybridized carbons (Fsp3) is 0.333. The molecule has 0 radical (unpaired) electrons. The van der Waals surface area contributed by atoms with Crippen LogP contribution in [0.15, 0.2) is 18.5 Å². The fourth-order valence-corrected chi connectivity index (χ4v) is 0.978. The van der Waals surface area contributed by atoms with Gasteiger partial charge in [-0.3, -0.25) is 5.21 Å². The molecule has 0 aromatic carbocycles. The van der Waals surface area contributed by atoms with Crippen molar-refractivity contribution >= 4 is 5.97 Å². The van der Waals surface area contributed by atoms with Crippen LogP contribution in [0.4, 0.5) is 0 Å². The molecule has 0 unspecified atom stereocenters. The zero-order chi connectivity index (χ0) is 9.84. The minimum Gasteiger partial charge on any atom is -0.462 e. The second-order valence-corrected chi connectivity index (χ2v) is 2.64. The highest BCUT2D eigenvalue weighted by Crippen LogP contribution is 2.05. The van der Waals surface area contributed by atoms with Crippen molar-refractivity contribution in [1.82, 2.24) is 0 Å². The van der Waals surface area contributed by atoms with Crippen LogP contribution in [0.3, 0.4) is 0 Å². The number of aromatic nitrogens is 1. The summed E-state index contributed by atoms with van der Waals surface area (Å²) in [7, 11) is 0. The number of pyridine rings is 1. The zero-order valence-corrected chi connectivity index (χ0v) is 7.65. The van der Waals surface area contributed by atoms with Crippen LogP contribution in [0.25, 0.3) is 0 Å². The van der Waals surface area contributed by atoms with E-state index in [0.29, 0.717) is 12.2 Å². The van der Waals surface area contributed by atoms with Crippen molar-refractivity contribution < 1.29 is 19.5 Å². The van der Waals surface area contributed by atoms with Crippen molar-refractivity contribution in [3.63, 3.8) is 0 Å². The average Bonchev–Trinajstić information content (AvgIpc) is 2.09. The van der Waals surface area contributed by atoms with Gasteiger partial charge in [-0.15, -0.1) is 0 Å². The standard InChI is InChI=1S/C9H12NO3/c1-3-13-9(11)8-6-10(12)5-4-7(8)2/h4-6,12H,3H2,1-2H3/q+1. The Labute approximate surface area is 76.3 Å². The van der Waals surface area contributed by atoms with E-state index in [0.717, 1.165) is 10.3 Å². The molecule has 0 spiro atoms. The third-order valence-electron chi connectivity index (χ3n) is 1.66. The topological polar surface area (TPSA) is 50.4 Å². The van der Waals surface area contributed by atoms with Gasteiger partial charge in [0.25, 0.3) is 0 Å². The zero-order valence-electron chi connectivity index (χ0n) is 7.65. The van der Waals surface area contributed by atoms with Crippen molar-refractivity contribution in [1.29, 1.82) is 0 Å². The van der Waals surface area contributed by atoms with E-state index >= 15 is 0 Å². The summed E-state index contributed by atoms with van der Waals surface area (Å²) in [6.45, 7) is 3.86. The number of nitrogens with zero attached hydrogens (tertiary/aromatic N) is 1. The molecule has 0 saturated heterocycles. The van der Waals surface area contributed by atoms with Gasteiger partial charge in [0.1, 0.15) is 5.56 Å². The van der Waals surface area contributed by atoms with Gasteiger partial charge in [0, 0.05) is 10.8 Å². The molecule has 0 aliphatic carbocycles. The van der Waals surface area contributed by atoms with Crippen molar-refractivity contribution in [3.8, 4) is 0 Å². The van der Waals surface area contributed by atoms with Crippen LogP contribution in [0.5, 0.6) is 0 Å². The van der Waals surface area contributed by atoms with Gasteiger partial charge in [0.2, 0.25) is 12.4 Å². The van der Waals surface area contributed by atoms with Gasteiger partial charge in [-0.1, -0.05) is 0 Å². The second-order valence-electron chi connectivity index (χ2n) is 2.64. The summed E-state index contributed by atoms with van der Waals surface area (Å²) in [5.41, 5.74) is 1.16. The molecule has 0 aliphatic rings. The summed E-state index contributed by atoms with van der Waals surface area (Å²) < 4.78 is 5.63. The minimum absolute atomic E-state index is 0.332. The SMILES string of the molecule is CCOC(=O)c1c[n+](O)ccc1C. The Morgan fingerprint density at radius 3 is 3.00 bits per heavy atom. The molecule has 0 amide bonds. The van der Waals surface area contributed by atoms with Crippen LogP contribution in [-0.2, 0) is 4.74 Å². The Kier molecular flexibility index (Phi) is 2.84. The van der Waals surface area contributed by atoms with Crippen molar-refractivity contribution in [3.05, 3.63) is 29.6 Å². The molecule has 1 heterocycles. The summed E-state index contributed by atoms with van der Waals surface area (Å²) in [5.74, 6) is -0.414. The number of ether oxygens (including phenoxy) is 1. The molecule has 0 fully saturated rings. The highest BCUT2D eigenvalue weighted by Gasteiger charge is 2.14.